The topological polar surface area (TPSA) is 12.0 Å². The number of rotatable bonds is 0. The molecule has 0 aromatic rings. The van der Waals surface area contributed by atoms with Crippen LogP contribution in [0.1, 0.15) is 0 Å². The molecule has 0 aliphatic carbocycles. The first-order valence-corrected chi connectivity index (χ1v) is 3.03. The summed E-state index contributed by atoms with van der Waals surface area (Å²) in [7, 11) is 0. The molecule has 0 amide bonds. The van der Waals surface area contributed by atoms with E-state index in [0.29, 0.717) is 0 Å². The van der Waals surface area contributed by atoms with Crippen molar-refractivity contribution in [3.8, 4) is 0 Å². The molecule has 1 unspecified atom stereocenters. The Bertz CT molecular complexity index is 63.2. The van der Waals surface area contributed by atoms with Crippen molar-refractivity contribution in [1.29, 1.82) is 0 Å². The van der Waals surface area contributed by atoms with E-state index >= 15 is 0 Å². The molecule has 0 fully saturated rings. The van der Waals surface area contributed by atoms with Crippen LogP contribution in [-0.4, -0.2) is 4.71 Å². The monoisotopic (exact) mass is 118 g/mol. The van der Waals surface area contributed by atoms with Crippen molar-refractivity contribution in [2.75, 3.05) is 0 Å². The average molecular weight is 118 g/mol. The highest BCUT2D eigenvalue weighted by Gasteiger charge is 2.00. The molecule has 0 saturated carbocycles. The SMILES string of the molecule is [S]C1NC=CS1. The van der Waals surface area contributed by atoms with E-state index < -0.39 is 0 Å². The van der Waals surface area contributed by atoms with Gasteiger partial charge in [-0.2, -0.15) is 0 Å². The first-order chi connectivity index (χ1) is 2.89. The Hall–Kier alpha value is 0.240. The van der Waals surface area contributed by atoms with Crippen LogP contribution in [0, 0.1) is 0 Å². The molecule has 6 heavy (non-hydrogen) atoms. The fourth-order valence-corrected chi connectivity index (χ4v) is 0.996. The van der Waals surface area contributed by atoms with Gasteiger partial charge in [0.1, 0.15) is 4.71 Å². The van der Waals surface area contributed by atoms with Crippen LogP contribution in [0.3, 0.4) is 0 Å². The fourth-order valence-electron chi connectivity index (χ4n) is 0.268. The van der Waals surface area contributed by atoms with Crippen molar-refractivity contribution in [3.05, 3.63) is 11.6 Å². The number of nitrogens with one attached hydrogen (secondary N) is 1. The molecule has 33 valence electrons. The van der Waals surface area contributed by atoms with E-state index in [1.165, 1.54) is 0 Å². The Kier molecular flexibility index (Phi) is 1.32. The highest BCUT2D eigenvalue weighted by atomic mass is 32.2. The molecular formula is C3H4NS2. The number of hydrogen-bond donors (Lipinski definition) is 1. The Morgan fingerprint density at radius 3 is 2.83 bits per heavy atom. The van der Waals surface area contributed by atoms with Gasteiger partial charge in [0.05, 0.1) is 0 Å². The highest BCUT2D eigenvalue weighted by molar-refractivity contribution is 8.12. The van der Waals surface area contributed by atoms with Crippen LogP contribution in [0.5, 0.6) is 0 Å². The summed E-state index contributed by atoms with van der Waals surface area (Å²) in [5.74, 6) is 0. The molecule has 0 aromatic carbocycles. The molecule has 1 radical (unpaired) electrons. The van der Waals surface area contributed by atoms with E-state index in [9.17, 15) is 0 Å². The van der Waals surface area contributed by atoms with Gasteiger partial charge >= 0.3 is 0 Å². The largest absolute Gasteiger partial charge is 0.370 e. The normalized spacial score (nSPS) is 30.5. The maximum Gasteiger partial charge on any atom is 0.133 e. The Labute approximate surface area is 46.6 Å². The van der Waals surface area contributed by atoms with Gasteiger partial charge in [-0.1, -0.05) is 24.4 Å². The molecule has 1 nitrogen and oxygen atoms in total. The summed E-state index contributed by atoms with van der Waals surface area (Å²) in [5.41, 5.74) is 0. The third-order valence-electron chi connectivity index (χ3n) is 0.503. The van der Waals surface area contributed by atoms with E-state index in [1.807, 2.05) is 11.6 Å². The minimum atomic E-state index is 0.185. The van der Waals surface area contributed by atoms with Gasteiger partial charge in [-0.15, -0.1) is 0 Å². The lowest BCUT2D eigenvalue weighted by molar-refractivity contribution is 1.04. The van der Waals surface area contributed by atoms with Crippen molar-refractivity contribution in [3.63, 3.8) is 0 Å². The summed E-state index contributed by atoms with van der Waals surface area (Å²) in [6.07, 6.45) is 1.86. The fraction of sp³-hybridized carbons (Fsp3) is 0.333. The van der Waals surface area contributed by atoms with Crippen LogP contribution in [-0.2, 0) is 0 Å². The van der Waals surface area contributed by atoms with Gasteiger partial charge in [0.25, 0.3) is 0 Å². The van der Waals surface area contributed by atoms with Crippen molar-refractivity contribution >= 4 is 24.4 Å². The predicted octanol–water partition coefficient (Wildman–Crippen LogP) is 1.28. The van der Waals surface area contributed by atoms with Crippen molar-refractivity contribution in [2.24, 2.45) is 0 Å². The van der Waals surface area contributed by atoms with Crippen molar-refractivity contribution in [1.82, 2.24) is 5.32 Å². The molecule has 1 N–H and O–H groups in total. The molecule has 1 aliphatic heterocycles. The summed E-state index contributed by atoms with van der Waals surface area (Å²) in [5, 5.41) is 4.87. The maximum atomic E-state index is 4.79. The van der Waals surface area contributed by atoms with E-state index in [4.69, 9.17) is 12.6 Å². The maximum absolute atomic E-state index is 4.79. The zero-order chi connectivity index (χ0) is 4.41. The van der Waals surface area contributed by atoms with Crippen LogP contribution >= 0.6 is 24.4 Å². The summed E-state index contributed by atoms with van der Waals surface area (Å²) in [6.45, 7) is 0. The van der Waals surface area contributed by atoms with Gasteiger partial charge in [0.15, 0.2) is 0 Å². The molecule has 1 rings (SSSR count). The molecule has 0 aromatic heterocycles. The van der Waals surface area contributed by atoms with Gasteiger partial charge < -0.3 is 5.32 Å². The van der Waals surface area contributed by atoms with Crippen LogP contribution < -0.4 is 5.32 Å². The van der Waals surface area contributed by atoms with E-state index in [0.717, 1.165) is 0 Å². The van der Waals surface area contributed by atoms with E-state index in [1.54, 1.807) is 11.8 Å². The molecule has 0 spiro atoms. The van der Waals surface area contributed by atoms with Crippen LogP contribution in [0.4, 0.5) is 0 Å². The Morgan fingerprint density at radius 2 is 2.67 bits per heavy atom. The van der Waals surface area contributed by atoms with Crippen LogP contribution in [0.25, 0.3) is 0 Å². The molecular weight excluding hydrogens is 114 g/mol. The third kappa shape index (κ3) is 0.849. The molecule has 3 heteroatoms. The smallest absolute Gasteiger partial charge is 0.133 e. The lowest BCUT2D eigenvalue weighted by Gasteiger charge is -1.93. The van der Waals surface area contributed by atoms with Crippen molar-refractivity contribution in [2.45, 2.75) is 4.71 Å². The summed E-state index contributed by atoms with van der Waals surface area (Å²) >= 11 is 6.41. The van der Waals surface area contributed by atoms with Gasteiger partial charge in [0, 0.05) is 6.20 Å². The zero-order valence-electron chi connectivity index (χ0n) is 3.05. The van der Waals surface area contributed by atoms with Gasteiger partial charge in [-0.25, -0.2) is 0 Å². The quantitative estimate of drug-likeness (QED) is 0.514. The Balaban J connectivity index is 2.32. The predicted molar refractivity (Wildman–Crippen MR) is 31.2 cm³/mol. The highest BCUT2D eigenvalue weighted by Crippen LogP contribution is 2.16. The molecule has 0 saturated heterocycles. The minimum absolute atomic E-state index is 0.185. The number of thioether (sulfide) groups is 1. The first-order valence-electron chi connectivity index (χ1n) is 1.62. The van der Waals surface area contributed by atoms with Gasteiger partial charge in [0.2, 0.25) is 0 Å². The van der Waals surface area contributed by atoms with Gasteiger partial charge in [-0.05, 0) is 5.41 Å². The zero-order valence-corrected chi connectivity index (χ0v) is 4.68. The van der Waals surface area contributed by atoms with Gasteiger partial charge in [-0.3, -0.25) is 0 Å². The average Bonchev–Trinajstić information content (AvgIpc) is 1.86. The minimum Gasteiger partial charge on any atom is -0.370 e. The molecule has 1 atom stereocenters. The lowest BCUT2D eigenvalue weighted by atomic mass is 11.0. The summed E-state index contributed by atoms with van der Waals surface area (Å²) < 4.78 is 0.185. The first kappa shape index (κ1) is 4.40. The summed E-state index contributed by atoms with van der Waals surface area (Å²) in [4.78, 5) is 0. The third-order valence-corrected chi connectivity index (χ3v) is 1.65. The lowest BCUT2D eigenvalue weighted by Crippen LogP contribution is -2.06. The molecule has 0 bridgehead atoms. The second-order valence-corrected chi connectivity index (χ2v) is 2.72. The summed E-state index contributed by atoms with van der Waals surface area (Å²) in [6, 6.07) is 0. The van der Waals surface area contributed by atoms with Crippen LogP contribution in [0.2, 0.25) is 0 Å². The Morgan fingerprint density at radius 1 is 1.83 bits per heavy atom. The second-order valence-electron chi connectivity index (χ2n) is 0.937. The second kappa shape index (κ2) is 1.80. The van der Waals surface area contributed by atoms with E-state index in [2.05, 4.69) is 5.32 Å². The standard InChI is InChI=1S/C3H4NS2/c5-3-4-1-2-6-3/h1-4H. The van der Waals surface area contributed by atoms with E-state index in [-0.39, 0.29) is 4.71 Å². The van der Waals surface area contributed by atoms with Crippen LogP contribution in [0.15, 0.2) is 11.6 Å². The van der Waals surface area contributed by atoms with Crippen molar-refractivity contribution < 1.29 is 0 Å². The molecule has 1 aliphatic rings. The molecule has 1 heterocycles. The number of hydrogen-bond acceptors (Lipinski definition) is 2.